The van der Waals surface area contributed by atoms with Crippen molar-refractivity contribution in [2.24, 2.45) is 23.2 Å². The molecule has 0 amide bonds. The SMILES string of the molecule is CC1Cc2cc(O)ccc2[C@H]2CC[C@]3(C)C(=CCOCCN(C)C)CC[C@H]3[C@H]12. The number of hydrogen-bond donors (Lipinski definition) is 1. The lowest BCUT2D eigenvalue weighted by Crippen LogP contribution is -2.43. The van der Waals surface area contributed by atoms with Crippen LogP contribution in [0.15, 0.2) is 29.8 Å². The second-order valence-electron chi connectivity index (χ2n) is 9.96. The van der Waals surface area contributed by atoms with Crippen molar-refractivity contribution in [2.45, 2.75) is 51.9 Å². The summed E-state index contributed by atoms with van der Waals surface area (Å²) in [6, 6.07) is 6.12. The molecular formula is C25H37NO2. The summed E-state index contributed by atoms with van der Waals surface area (Å²) in [6.07, 6.45) is 8.67. The monoisotopic (exact) mass is 383 g/mol. The van der Waals surface area contributed by atoms with Crippen LogP contribution in [0.4, 0.5) is 0 Å². The second-order valence-corrected chi connectivity index (χ2v) is 9.96. The van der Waals surface area contributed by atoms with Crippen LogP contribution in [-0.4, -0.2) is 43.9 Å². The summed E-state index contributed by atoms with van der Waals surface area (Å²) in [5, 5.41) is 9.93. The van der Waals surface area contributed by atoms with E-state index in [0.717, 1.165) is 38.0 Å². The molecule has 0 radical (unpaired) electrons. The lowest BCUT2D eigenvalue weighted by atomic mass is 9.52. The molecule has 2 fully saturated rings. The van der Waals surface area contributed by atoms with Crippen molar-refractivity contribution in [3.05, 3.63) is 41.0 Å². The minimum absolute atomic E-state index is 0.356. The van der Waals surface area contributed by atoms with Gasteiger partial charge in [-0.1, -0.05) is 31.6 Å². The number of rotatable bonds is 5. The summed E-state index contributed by atoms with van der Waals surface area (Å²) < 4.78 is 5.87. The van der Waals surface area contributed by atoms with Crippen LogP contribution in [0.3, 0.4) is 0 Å². The Morgan fingerprint density at radius 3 is 2.89 bits per heavy atom. The first-order valence-corrected chi connectivity index (χ1v) is 11.1. The van der Waals surface area contributed by atoms with E-state index < -0.39 is 0 Å². The molecule has 3 aliphatic rings. The van der Waals surface area contributed by atoms with E-state index in [1.165, 1.54) is 36.8 Å². The van der Waals surface area contributed by atoms with Gasteiger partial charge >= 0.3 is 0 Å². The molecule has 1 N–H and O–H groups in total. The lowest BCUT2D eigenvalue weighted by Gasteiger charge is -2.52. The van der Waals surface area contributed by atoms with Crippen LogP contribution in [-0.2, 0) is 11.2 Å². The summed E-state index contributed by atoms with van der Waals surface area (Å²) in [5.74, 6) is 3.35. The molecule has 0 aromatic heterocycles. The molecule has 0 saturated heterocycles. The number of allylic oxidation sites excluding steroid dienone is 1. The van der Waals surface area contributed by atoms with Gasteiger partial charge in [0.1, 0.15) is 5.75 Å². The highest BCUT2D eigenvalue weighted by atomic mass is 16.5. The van der Waals surface area contributed by atoms with E-state index in [2.05, 4.69) is 45.0 Å². The molecule has 0 spiro atoms. The zero-order valence-corrected chi connectivity index (χ0v) is 18.1. The Balaban J connectivity index is 1.50. The van der Waals surface area contributed by atoms with Crippen LogP contribution in [0.2, 0.25) is 0 Å². The van der Waals surface area contributed by atoms with Gasteiger partial charge in [0.15, 0.2) is 0 Å². The standard InChI is InChI=1S/C25H37NO2/c1-17-15-18-16-20(27)6-7-21(18)22-9-11-25(2)19(5-8-23(25)24(17)22)10-13-28-14-12-26(3)4/h6-7,10,16-17,22-24,27H,5,8-9,11-15H2,1-4H3/t17?,22-,23+,24-,25-/m1/s1. The van der Waals surface area contributed by atoms with E-state index in [4.69, 9.17) is 4.74 Å². The summed E-state index contributed by atoms with van der Waals surface area (Å²) in [7, 11) is 4.18. The number of aromatic hydroxyl groups is 1. The number of benzene rings is 1. The first-order chi connectivity index (χ1) is 13.4. The number of nitrogens with zero attached hydrogens (tertiary/aromatic N) is 1. The van der Waals surface area contributed by atoms with Crippen molar-refractivity contribution in [1.82, 2.24) is 4.90 Å². The number of likely N-dealkylation sites (N-methyl/N-ethyl adjacent to an activating group) is 1. The van der Waals surface area contributed by atoms with Crippen molar-refractivity contribution in [2.75, 3.05) is 33.9 Å². The van der Waals surface area contributed by atoms with Gasteiger partial charge in [0.05, 0.1) is 13.2 Å². The van der Waals surface area contributed by atoms with E-state index in [1.54, 1.807) is 5.57 Å². The van der Waals surface area contributed by atoms with Crippen LogP contribution in [0.5, 0.6) is 5.75 Å². The predicted molar refractivity (Wildman–Crippen MR) is 115 cm³/mol. The Kier molecular flexibility index (Phi) is 5.59. The van der Waals surface area contributed by atoms with Crippen LogP contribution in [0.1, 0.15) is 56.6 Å². The maximum atomic E-state index is 9.93. The highest BCUT2D eigenvalue weighted by Gasteiger charge is 2.54. The van der Waals surface area contributed by atoms with Gasteiger partial charge in [-0.3, -0.25) is 0 Å². The average molecular weight is 384 g/mol. The molecule has 1 aromatic carbocycles. The van der Waals surface area contributed by atoms with E-state index in [0.29, 0.717) is 23.0 Å². The third-order valence-corrected chi connectivity index (χ3v) is 8.04. The smallest absolute Gasteiger partial charge is 0.115 e. The molecule has 154 valence electrons. The van der Waals surface area contributed by atoms with Crippen LogP contribution < -0.4 is 0 Å². The fourth-order valence-electron chi connectivity index (χ4n) is 6.64. The minimum Gasteiger partial charge on any atom is -0.508 e. The zero-order valence-electron chi connectivity index (χ0n) is 18.1. The molecule has 1 aromatic rings. The maximum Gasteiger partial charge on any atom is 0.115 e. The van der Waals surface area contributed by atoms with Crippen molar-refractivity contribution >= 4 is 0 Å². The van der Waals surface area contributed by atoms with Gasteiger partial charge in [0.2, 0.25) is 0 Å². The van der Waals surface area contributed by atoms with E-state index in [9.17, 15) is 5.11 Å². The number of phenols is 1. The van der Waals surface area contributed by atoms with E-state index >= 15 is 0 Å². The van der Waals surface area contributed by atoms with Gasteiger partial charge in [-0.15, -0.1) is 0 Å². The molecule has 5 atom stereocenters. The molecule has 1 unspecified atom stereocenters. The van der Waals surface area contributed by atoms with Gasteiger partial charge in [0, 0.05) is 6.54 Å². The third kappa shape index (κ3) is 3.52. The van der Waals surface area contributed by atoms with Crippen LogP contribution in [0.25, 0.3) is 0 Å². The highest BCUT2D eigenvalue weighted by Crippen LogP contribution is 2.63. The fraction of sp³-hybridized carbons (Fsp3) is 0.680. The molecule has 3 aliphatic carbocycles. The topological polar surface area (TPSA) is 32.7 Å². The van der Waals surface area contributed by atoms with Crippen molar-refractivity contribution in [3.8, 4) is 5.75 Å². The summed E-state index contributed by atoms with van der Waals surface area (Å²) >= 11 is 0. The number of hydrogen-bond acceptors (Lipinski definition) is 3. The van der Waals surface area contributed by atoms with Crippen molar-refractivity contribution < 1.29 is 9.84 Å². The average Bonchev–Trinajstić information content (AvgIpc) is 2.97. The molecular weight excluding hydrogens is 346 g/mol. The minimum atomic E-state index is 0.356. The Bertz CT molecular complexity index is 740. The summed E-state index contributed by atoms with van der Waals surface area (Å²) in [6.45, 7) is 7.53. The van der Waals surface area contributed by atoms with Crippen molar-refractivity contribution in [3.63, 3.8) is 0 Å². The Hall–Kier alpha value is -1.32. The molecule has 28 heavy (non-hydrogen) atoms. The predicted octanol–water partition coefficient (Wildman–Crippen LogP) is 5.00. The Labute approximate surface area is 170 Å². The van der Waals surface area contributed by atoms with E-state index in [1.807, 2.05) is 12.1 Å². The molecule has 0 bridgehead atoms. The van der Waals surface area contributed by atoms with E-state index in [-0.39, 0.29) is 0 Å². The van der Waals surface area contributed by atoms with Crippen molar-refractivity contribution in [1.29, 1.82) is 0 Å². The van der Waals surface area contributed by atoms with Gasteiger partial charge < -0.3 is 14.7 Å². The number of phenolic OH excluding ortho intramolecular Hbond substituents is 1. The quantitative estimate of drug-likeness (QED) is 0.574. The zero-order chi connectivity index (χ0) is 19.9. The number of fused-ring (bicyclic) bond motifs is 5. The first kappa shape index (κ1) is 20.0. The molecule has 2 saturated carbocycles. The molecule has 3 nitrogen and oxygen atoms in total. The first-order valence-electron chi connectivity index (χ1n) is 11.1. The largest absolute Gasteiger partial charge is 0.508 e. The molecule has 0 heterocycles. The molecule has 0 aliphatic heterocycles. The molecule has 3 heteroatoms. The summed E-state index contributed by atoms with van der Waals surface area (Å²) in [4.78, 5) is 2.17. The van der Waals surface area contributed by atoms with Gasteiger partial charge in [-0.2, -0.15) is 0 Å². The number of ether oxygens (including phenoxy) is 1. The Morgan fingerprint density at radius 1 is 1.29 bits per heavy atom. The van der Waals surface area contributed by atoms with Gasteiger partial charge in [-0.05, 0) is 98.5 Å². The van der Waals surface area contributed by atoms with Crippen LogP contribution in [0, 0.1) is 23.2 Å². The highest BCUT2D eigenvalue weighted by molar-refractivity contribution is 5.41. The normalized spacial score (nSPS) is 35.7. The fourth-order valence-corrected chi connectivity index (χ4v) is 6.64. The second kappa shape index (κ2) is 7.84. The van der Waals surface area contributed by atoms with Crippen LogP contribution >= 0.6 is 0 Å². The van der Waals surface area contributed by atoms with Gasteiger partial charge in [-0.25, -0.2) is 0 Å². The molecule has 4 rings (SSSR count). The maximum absolute atomic E-state index is 9.93. The van der Waals surface area contributed by atoms with Gasteiger partial charge in [0.25, 0.3) is 0 Å². The Morgan fingerprint density at radius 2 is 2.11 bits per heavy atom. The lowest BCUT2D eigenvalue weighted by molar-refractivity contribution is 0.0484. The third-order valence-electron chi connectivity index (χ3n) is 8.04. The summed E-state index contributed by atoms with van der Waals surface area (Å²) in [5.41, 5.74) is 4.92.